The fourth-order valence-corrected chi connectivity index (χ4v) is 9.06. The van der Waals surface area contributed by atoms with Gasteiger partial charge in [0.05, 0.1) is 63.3 Å². The van der Waals surface area contributed by atoms with E-state index in [0.717, 1.165) is 25.7 Å². The number of nitrogens with zero attached hydrogens (tertiary/aromatic N) is 1. The molecule has 0 radical (unpaired) electrons. The molecule has 0 aromatic carbocycles. The molecule has 16 nitrogen and oxygen atoms in total. The molecular weight excluding hydrogens is 842 g/mol. The van der Waals surface area contributed by atoms with Gasteiger partial charge in [-0.1, -0.05) is 78.6 Å². The van der Waals surface area contributed by atoms with Gasteiger partial charge in [0.25, 0.3) is 0 Å². The maximum absolute atomic E-state index is 14.4. The first kappa shape index (κ1) is 60.2. The van der Waals surface area contributed by atoms with Crippen LogP contribution < -0.4 is 0 Å². The van der Waals surface area contributed by atoms with Gasteiger partial charge >= 0.3 is 34.5 Å². The van der Waals surface area contributed by atoms with Crippen LogP contribution in [0.3, 0.4) is 0 Å². The Morgan fingerprint density at radius 3 is 1.61 bits per heavy atom. The van der Waals surface area contributed by atoms with E-state index >= 15 is 0 Å². The number of hydrogen-bond acceptors (Lipinski definition) is 14. The van der Waals surface area contributed by atoms with E-state index < -0.39 is 68.9 Å². The quantitative estimate of drug-likeness (QED) is 0.0105. The first-order valence-electron chi connectivity index (χ1n) is 22.8. The average molecular weight is 929 g/mol. The maximum Gasteiger partial charge on any atom is 0.492 e. The number of rotatable bonds is 37. The van der Waals surface area contributed by atoms with E-state index in [1.807, 2.05) is 21.1 Å². The van der Waals surface area contributed by atoms with Crippen molar-refractivity contribution in [2.45, 2.75) is 177 Å². The Bertz CT molecular complexity index is 1380. The van der Waals surface area contributed by atoms with Crippen molar-refractivity contribution >= 4 is 40.3 Å². The monoisotopic (exact) mass is 929 g/mol. The lowest BCUT2D eigenvalue weighted by atomic mass is 9.60. The van der Waals surface area contributed by atoms with Crippen LogP contribution in [0.2, 0.25) is 6.04 Å². The summed E-state index contributed by atoms with van der Waals surface area (Å²) in [7, 11) is -3.05. The Morgan fingerprint density at radius 1 is 0.629 bits per heavy atom. The first-order valence-corrected chi connectivity index (χ1v) is 26.3. The van der Waals surface area contributed by atoms with Gasteiger partial charge in [0.2, 0.25) is 0 Å². The van der Waals surface area contributed by atoms with Crippen LogP contribution in [-0.4, -0.2) is 128 Å². The number of aliphatic hydroxyl groups is 1. The van der Waals surface area contributed by atoms with E-state index in [9.17, 15) is 48.1 Å². The van der Waals surface area contributed by atoms with Gasteiger partial charge in [0.15, 0.2) is 0 Å². The Labute approximate surface area is 374 Å². The molecule has 0 rings (SSSR count). The molecule has 0 aromatic rings. The summed E-state index contributed by atoms with van der Waals surface area (Å²) >= 11 is 0. The molecule has 366 valence electrons. The molecule has 0 aromatic heterocycles. The molecule has 62 heavy (non-hydrogen) atoms. The number of Topliss-reactive ketones (excluding diaryl/α,β-unsaturated/α-hetero) is 1. The van der Waals surface area contributed by atoms with Crippen molar-refractivity contribution in [2.75, 3.05) is 60.7 Å². The third kappa shape index (κ3) is 26.2. The van der Waals surface area contributed by atoms with Crippen molar-refractivity contribution in [3.63, 3.8) is 0 Å². The van der Waals surface area contributed by atoms with Gasteiger partial charge in [0.1, 0.15) is 25.5 Å². The SMILES string of the molecule is CCCCCCCCCCCCOC(=O)C(C)(CC(C)(CC(C)(C)C(=O)OCCC[Si](O)(O)O)C(=O)CCC(C)O)CC(C)(CC)C(=O)OCCOP(=O)(O)OCC[N+](C)(C)C. The van der Waals surface area contributed by atoms with Gasteiger partial charge in [-0.15, -0.1) is 0 Å². The molecule has 0 aliphatic rings. The van der Waals surface area contributed by atoms with E-state index in [2.05, 4.69) is 6.92 Å². The third-order valence-electron chi connectivity index (χ3n) is 11.4. The van der Waals surface area contributed by atoms with Crippen LogP contribution in [0.25, 0.3) is 0 Å². The van der Waals surface area contributed by atoms with Gasteiger partial charge in [-0.3, -0.25) is 28.2 Å². The van der Waals surface area contributed by atoms with Gasteiger partial charge in [-0.25, -0.2) is 4.57 Å². The molecule has 0 amide bonds. The average Bonchev–Trinajstić information content (AvgIpc) is 3.14. The van der Waals surface area contributed by atoms with E-state index in [-0.39, 0.29) is 83.2 Å². The topological polar surface area (TPSA) is 233 Å². The summed E-state index contributed by atoms with van der Waals surface area (Å²) in [6.45, 7) is 13.3. The zero-order chi connectivity index (χ0) is 47.9. The van der Waals surface area contributed by atoms with Crippen molar-refractivity contribution in [3.8, 4) is 0 Å². The van der Waals surface area contributed by atoms with Crippen LogP contribution in [-0.2, 0) is 47.0 Å². The minimum atomic E-state index is -4.42. The zero-order valence-corrected chi connectivity index (χ0v) is 42.2. The molecule has 0 spiro atoms. The molecule has 0 heterocycles. The van der Waals surface area contributed by atoms with Crippen molar-refractivity contribution < 1.29 is 75.9 Å². The second kappa shape index (κ2) is 28.3. The number of phosphoric acid groups is 1. The minimum Gasteiger partial charge on any atom is -0.465 e. The molecule has 5 N–H and O–H groups in total. The number of esters is 3. The molecule has 0 aliphatic carbocycles. The summed E-state index contributed by atoms with van der Waals surface area (Å²) in [5.74, 6) is -2.28. The summed E-state index contributed by atoms with van der Waals surface area (Å²) < 4.78 is 40.0. The van der Waals surface area contributed by atoms with Gasteiger partial charge in [-0.2, -0.15) is 0 Å². The standard InChI is InChI=1S/C44H86NO15PSi/c1-12-14-15-16-17-18-19-20-21-22-27-57-40(50)44(8,34-42(6,13-2)39(49)58-30-31-60-61(51,52)59-29-26-45(9,10)11)35-43(7,37(47)25-24-36(3)46)33-41(4,5)38(48)56-28-23-32-62(53,54)55/h36,46,53-55H,12-35H2,1-11H3/p+1. The predicted octanol–water partition coefficient (Wildman–Crippen LogP) is 7.04. The zero-order valence-electron chi connectivity index (χ0n) is 40.3. The number of unbranched alkanes of at least 4 members (excludes halogenated alkanes) is 9. The predicted molar refractivity (Wildman–Crippen MR) is 239 cm³/mol. The molecular formula is C44H87NO15PSi+. The van der Waals surface area contributed by atoms with Crippen molar-refractivity contribution in [1.29, 1.82) is 0 Å². The molecule has 5 atom stereocenters. The fourth-order valence-electron chi connectivity index (χ4n) is 7.75. The molecule has 0 bridgehead atoms. The number of likely N-dealkylation sites (N-methyl/N-ethyl adjacent to an activating group) is 1. The van der Waals surface area contributed by atoms with Crippen LogP contribution in [0, 0.1) is 21.7 Å². The van der Waals surface area contributed by atoms with Crippen molar-refractivity contribution in [1.82, 2.24) is 0 Å². The molecule has 0 saturated carbocycles. The molecule has 0 fully saturated rings. The summed E-state index contributed by atoms with van der Waals surface area (Å²) in [6, 6.07) is -0.324. The lowest BCUT2D eigenvalue weighted by Crippen LogP contribution is -2.47. The number of carbonyl (C=O) groups is 4. The number of hydrogen-bond donors (Lipinski definition) is 5. The highest BCUT2D eigenvalue weighted by molar-refractivity contribution is 7.47. The lowest BCUT2D eigenvalue weighted by molar-refractivity contribution is -0.870. The molecule has 5 unspecified atom stereocenters. The fraction of sp³-hybridized carbons (Fsp3) is 0.909. The second-order valence-corrected chi connectivity index (χ2v) is 23.4. The summed E-state index contributed by atoms with van der Waals surface area (Å²) in [5, 5.41) is 10.1. The number of ketones is 1. The van der Waals surface area contributed by atoms with E-state index in [4.69, 9.17) is 23.3 Å². The Hall–Kier alpha value is -1.79. The lowest BCUT2D eigenvalue weighted by Gasteiger charge is -2.43. The molecule has 0 saturated heterocycles. The largest absolute Gasteiger partial charge is 0.492 e. The number of phosphoric ester groups is 1. The van der Waals surface area contributed by atoms with Crippen molar-refractivity contribution in [3.05, 3.63) is 0 Å². The van der Waals surface area contributed by atoms with E-state index in [1.165, 1.54) is 32.1 Å². The highest BCUT2D eigenvalue weighted by atomic mass is 31.2. The van der Waals surface area contributed by atoms with Gasteiger partial charge in [0, 0.05) is 17.9 Å². The summed E-state index contributed by atoms with van der Waals surface area (Å²) in [6.07, 6.45) is 10.1. The highest BCUT2D eigenvalue weighted by Crippen LogP contribution is 2.50. The van der Waals surface area contributed by atoms with Crippen LogP contribution in [0.1, 0.15) is 165 Å². The van der Waals surface area contributed by atoms with Crippen LogP contribution >= 0.6 is 7.82 Å². The smallest absolute Gasteiger partial charge is 0.465 e. The molecule has 18 heteroatoms. The number of carbonyl (C=O) groups excluding carboxylic acids is 4. The highest BCUT2D eigenvalue weighted by Gasteiger charge is 2.52. The number of quaternary nitrogens is 1. The second-order valence-electron chi connectivity index (χ2n) is 19.9. The van der Waals surface area contributed by atoms with Crippen LogP contribution in [0.4, 0.5) is 0 Å². The summed E-state index contributed by atoms with van der Waals surface area (Å²) in [5.41, 5.74) is -5.47. The Morgan fingerprint density at radius 2 is 1.10 bits per heavy atom. The third-order valence-corrected chi connectivity index (χ3v) is 13.4. The maximum atomic E-state index is 14.4. The van der Waals surface area contributed by atoms with E-state index in [0.29, 0.717) is 17.4 Å². The summed E-state index contributed by atoms with van der Waals surface area (Å²) in [4.78, 5) is 94.2. The van der Waals surface area contributed by atoms with E-state index in [1.54, 1.807) is 48.5 Å². The Balaban J connectivity index is 6.42. The molecule has 0 aliphatic heterocycles. The number of ether oxygens (including phenoxy) is 3. The minimum absolute atomic E-state index is 0.00682. The first-order chi connectivity index (χ1) is 28.5. The van der Waals surface area contributed by atoms with Crippen LogP contribution in [0.15, 0.2) is 0 Å². The van der Waals surface area contributed by atoms with Gasteiger partial charge in [-0.05, 0) is 79.6 Å². The van der Waals surface area contributed by atoms with Crippen molar-refractivity contribution in [2.24, 2.45) is 21.7 Å². The van der Waals surface area contributed by atoms with Crippen LogP contribution in [0.5, 0.6) is 0 Å². The Kier molecular flexibility index (Phi) is 27.5. The van der Waals surface area contributed by atoms with Gasteiger partial charge < -0.3 is 43.1 Å². The number of aliphatic hydroxyl groups excluding tert-OH is 1. The normalized spacial score (nSPS) is 16.9.